The molecule has 1 saturated heterocycles. The number of nitrogens with zero attached hydrogens (tertiary/aromatic N) is 2. The number of amides is 4. The van der Waals surface area contributed by atoms with E-state index in [-0.39, 0.29) is 6.07 Å². The molecule has 1 aromatic rings. The number of rotatable bonds is 2. The first-order valence-corrected chi connectivity index (χ1v) is 6.01. The highest BCUT2D eigenvalue weighted by atomic mass is 19.4. The average Bonchev–Trinajstić information content (AvgIpc) is 2.44. The molecule has 1 aromatic carbocycles. The van der Waals surface area contributed by atoms with Crippen molar-refractivity contribution >= 4 is 23.5 Å². The number of imide groups is 2. The van der Waals surface area contributed by atoms with Crippen molar-refractivity contribution in [3.8, 4) is 0 Å². The second kappa shape index (κ2) is 5.76. The van der Waals surface area contributed by atoms with E-state index in [0.717, 1.165) is 0 Å². The van der Waals surface area contributed by atoms with Crippen LogP contribution in [0.1, 0.15) is 6.42 Å². The van der Waals surface area contributed by atoms with Crippen LogP contribution in [0.5, 0.6) is 0 Å². The summed E-state index contributed by atoms with van der Waals surface area (Å²) >= 11 is 0. The summed E-state index contributed by atoms with van der Waals surface area (Å²) in [6.07, 6.45) is -6.42. The number of hydrogen-bond acceptors (Lipinski definition) is 3. The maximum absolute atomic E-state index is 13.7. The zero-order valence-corrected chi connectivity index (χ0v) is 11.3. The minimum Gasteiger partial charge on any atom is -0.274 e. The number of anilines is 1. The van der Waals surface area contributed by atoms with Crippen molar-refractivity contribution in [2.24, 2.45) is 0 Å². The molecule has 0 saturated carbocycles. The Labute approximate surface area is 128 Å². The van der Waals surface area contributed by atoms with Crippen LogP contribution in [0, 0.1) is 23.3 Å². The first kappa shape index (κ1) is 17.7. The third kappa shape index (κ3) is 3.03. The number of carbonyl (C=O) groups is 3. The third-order valence-corrected chi connectivity index (χ3v) is 2.92. The van der Waals surface area contributed by atoms with Gasteiger partial charge in [-0.1, -0.05) is 0 Å². The lowest BCUT2D eigenvalue weighted by Gasteiger charge is -2.33. The van der Waals surface area contributed by atoms with Crippen LogP contribution >= 0.6 is 0 Å². The van der Waals surface area contributed by atoms with E-state index in [4.69, 9.17) is 0 Å². The number of halogens is 7. The normalized spacial score (nSPS) is 16.2. The molecule has 0 N–H and O–H groups in total. The molecule has 0 atom stereocenters. The van der Waals surface area contributed by atoms with Crippen molar-refractivity contribution in [3.63, 3.8) is 0 Å². The largest absolute Gasteiger partial charge is 0.406 e. The molecule has 24 heavy (non-hydrogen) atoms. The molecular weight excluding hydrogens is 353 g/mol. The highest BCUT2D eigenvalue weighted by Crippen LogP contribution is 2.32. The molecule has 1 fully saturated rings. The summed E-state index contributed by atoms with van der Waals surface area (Å²) in [4.78, 5) is 33.9. The van der Waals surface area contributed by atoms with E-state index in [1.807, 2.05) is 0 Å². The first-order valence-electron chi connectivity index (χ1n) is 6.01. The standard InChI is InChI=1S/C12H5F7N2O3/c13-4-1-5(14)9(16)10(8(4)15)21-7(23)2-6(22)20(11(21)24)3-12(17,18)19/h1H,2-3H2. The summed E-state index contributed by atoms with van der Waals surface area (Å²) in [6.45, 7) is -2.14. The summed E-state index contributed by atoms with van der Waals surface area (Å²) in [7, 11) is 0. The van der Waals surface area contributed by atoms with Crippen LogP contribution < -0.4 is 4.90 Å². The summed E-state index contributed by atoms with van der Waals surface area (Å²) in [6, 6.07) is -2.29. The third-order valence-electron chi connectivity index (χ3n) is 2.92. The zero-order chi connectivity index (χ0) is 18.4. The number of benzene rings is 1. The van der Waals surface area contributed by atoms with E-state index in [9.17, 15) is 45.1 Å². The van der Waals surface area contributed by atoms with Gasteiger partial charge in [-0.25, -0.2) is 27.3 Å². The summed E-state index contributed by atoms with van der Waals surface area (Å²) in [5.41, 5.74) is -1.83. The van der Waals surface area contributed by atoms with E-state index in [1.54, 1.807) is 0 Å². The van der Waals surface area contributed by atoms with Gasteiger partial charge in [-0.2, -0.15) is 13.2 Å². The fraction of sp³-hybridized carbons (Fsp3) is 0.250. The van der Waals surface area contributed by atoms with Crippen LogP contribution in [0.4, 0.5) is 41.2 Å². The molecule has 130 valence electrons. The average molecular weight is 358 g/mol. The van der Waals surface area contributed by atoms with Gasteiger partial charge in [-0.15, -0.1) is 0 Å². The number of urea groups is 1. The molecule has 1 aliphatic heterocycles. The first-order chi connectivity index (χ1) is 10.9. The minimum atomic E-state index is -5.07. The maximum Gasteiger partial charge on any atom is 0.406 e. The zero-order valence-electron chi connectivity index (χ0n) is 11.3. The molecule has 0 spiro atoms. The lowest BCUT2D eigenvalue weighted by molar-refractivity contribution is -0.157. The smallest absolute Gasteiger partial charge is 0.274 e. The van der Waals surface area contributed by atoms with E-state index < -0.39 is 75.7 Å². The molecule has 1 aliphatic rings. The van der Waals surface area contributed by atoms with Crippen LogP contribution in [0.25, 0.3) is 0 Å². The SMILES string of the molecule is O=C1CC(=O)N(c2c(F)c(F)cc(F)c2F)C(=O)N1CC(F)(F)F. The lowest BCUT2D eigenvalue weighted by Crippen LogP contribution is -2.57. The van der Waals surface area contributed by atoms with E-state index in [0.29, 0.717) is 0 Å². The molecule has 0 unspecified atom stereocenters. The Kier molecular flexibility index (Phi) is 4.25. The summed E-state index contributed by atoms with van der Waals surface area (Å²) < 4.78 is 90.9. The van der Waals surface area contributed by atoms with Crippen LogP contribution in [-0.2, 0) is 9.59 Å². The quantitative estimate of drug-likeness (QED) is 0.464. The second-order valence-corrected chi connectivity index (χ2v) is 4.60. The van der Waals surface area contributed by atoms with Gasteiger partial charge in [0.15, 0.2) is 23.3 Å². The van der Waals surface area contributed by atoms with Gasteiger partial charge in [0.25, 0.3) is 0 Å². The van der Waals surface area contributed by atoms with E-state index in [1.165, 1.54) is 0 Å². The maximum atomic E-state index is 13.7. The number of carbonyl (C=O) groups excluding carboxylic acids is 3. The van der Waals surface area contributed by atoms with Gasteiger partial charge in [-0.05, 0) is 0 Å². The molecule has 2 rings (SSSR count). The molecular formula is C12H5F7N2O3. The van der Waals surface area contributed by atoms with Gasteiger partial charge in [-0.3, -0.25) is 14.5 Å². The number of alkyl halides is 3. The second-order valence-electron chi connectivity index (χ2n) is 4.60. The Morgan fingerprint density at radius 2 is 1.42 bits per heavy atom. The molecule has 0 radical (unpaired) electrons. The number of barbiturate groups is 1. The Hall–Kier alpha value is -2.66. The fourth-order valence-corrected chi connectivity index (χ4v) is 1.95. The predicted molar refractivity (Wildman–Crippen MR) is 61.5 cm³/mol. The van der Waals surface area contributed by atoms with Gasteiger partial charge in [0.2, 0.25) is 11.8 Å². The molecule has 4 amide bonds. The van der Waals surface area contributed by atoms with Crippen molar-refractivity contribution < 1.29 is 45.1 Å². The number of hydrogen-bond donors (Lipinski definition) is 0. The Balaban J connectivity index is 2.56. The van der Waals surface area contributed by atoms with Crippen LogP contribution in [-0.4, -0.2) is 35.5 Å². The van der Waals surface area contributed by atoms with E-state index >= 15 is 0 Å². The summed E-state index contributed by atoms with van der Waals surface area (Å²) in [5, 5.41) is 0. The molecule has 0 aromatic heterocycles. The highest BCUT2D eigenvalue weighted by molar-refractivity contribution is 6.26. The lowest BCUT2D eigenvalue weighted by atomic mass is 10.2. The molecule has 0 aliphatic carbocycles. The van der Waals surface area contributed by atoms with Gasteiger partial charge in [0.1, 0.15) is 18.7 Å². The van der Waals surface area contributed by atoms with Gasteiger partial charge in [0, 0.05) is 6.07 Å². The molecule has 1 heterocycles. The monoisotopic (exact) mass is 358 g/mol. The van der Waals surface area contributed by atoms with Crippen molar-refractivity contribution in [3.05, 3.63) is 29.3 Å². The van der Waals surface area contributed by atoms with Crippen molar-refractivity contribution in [1.82, 2.24) is 4.90 Å². The van der Waals surface area contributed by atoms with Crippen LogP contribution in [0.2, 0.25) is 0 Å². The van der Waals surface area contributed by atoms with Crippen LogP contribution in [0.15, 0.2) is 6.07 Å². The molecule has 0 bridgehead atoms. The van der Waals surface area contributed by atoms with Crippen LogP contribution in [0.3, 0.4) is 0 Å². The minimum absolute atomic E-state index is 0.217. The van der Waals surface area contributed by atoms with Crippen molar-refractivity contribution in [2.75, 3.05) is 11.4 Å². The molecule has 12 heteroatoms. The Bertz CT molecular complexity index is 721. The van der Waals surface area contributed by atoms with Gasteiger partial charge >= 0.3 is 12.2 Å². The van der Waals surface area contributed by atoms with Crippen molar-refractivity contribution in [1.29, 1.82) is 0 Å². The van der Waals surface area contributed by atoms with E-state index in [2.05, 4.69) is 0 Å². The Morgan fingerprint density at radius 3 is 1.88 bits per heavy atom. The van der Waals surface area contributed by atoms with Gasteiger partial charge in [0.05, 0.1) is 0 Å². The fourth-order valence-electron chi connectivity index (χ4n) is 1.95. The summed E-state index contributed by atoms with van der Waals surface area (Å²) in [5.74, 6) is -11.5. The Morgan fingerprint density at radius 1 is 0.917 bits per heavy atom. The highest BCUT2D eigenvalue weighted by Gasteiger charge is 2.46. The van der Waals surface area contributed by atoms with Gasteiger partial charge < -0.3 is 0 Å². The topological polar surface area (TPSA) is 57.7 Å². The predicted octanol–water partition coefficient (Wildman–Crippen LogP) is 2.49. The molecule has 5 nitrogen and oxygen atoms in total. The van der Waals surface area contributed by atoms with Crippen molar-refractivity contribution in [2.45, 2.75) is 12.6 Å².